The first-order chi connectivity index (χ1) is 10.2. The van der Waals surface area contributed by atoms with Gasteiger partial charge in [-0.15, -0.1) is 0 Å². The predicted octanol–water partition coefficient (Wildman–Crippen LogP) is 1.87. The number of nitrogens with one attached hydrogen (secondary N) is 2. The van der Waals surface area contributed by atoms with Crippen LogP contribution in [0.15, 0.2) is 24.3 Å². The fourth-order valence-corrected chi connectivity index (χ4v) is 2.11. The van der Waals surface area contributed by atoms with Crippen molar-refractivity contribution in [2.45, 2.75) is 32.7 Å². The average molecular weight is 304 g/mol. The van der Waals surface area contributed by atoms with Crippen LogP contribution in [-0.4, -0.2) is 28.4 Å². The summed E-state index contributed by atoms with van der Waals surface area (Å²) in [4.78, 5) is 34.5. The van der Waals surface area contributed by atoms with Crippen LogP contribution in [0.1, 0.15) is 37.6 Å². The third kappa shape index (κ3) is 4.07. The third-order valence-electron chi connectivity index (χ3n) is 3.35. The fraction of sp³-hybridized carbons (Fsp3) is 0.438. The molecule has 0 aromatic heterocycles. The van der Waals surface area contributed by atoms with Crippen LogP contribution in [0, 0.1) is 11.8 Å². The van der Waals surface area contributed by atoms with Gasteiger partial charge in [-0.25, -0.2) is 0 Å². The standard InChI is InChI=1S/C16H20N2O4/c1-16(2,3)18-13(19)9-4-6-10(7-5-9)17-14(20)11-8-12(11)15(21)22/h4-7,11-12H,8H2,1-3H3,(H,17,20)(H,18,19)(H,21,22). The molecule has 0 aliphatic heterocycles. The number of hydrogen-bond donors (Lipinski definition) is 3. The molecule has 118 valence electrons. The average Bonchev–Trinajstić information content (AvgIpc) is 3.17. The van der Waals surface area contributed by atoms with Crippen LogP contribution < -0.4 is 10.6 Å². The van der Waals surface area contributed by atoms with Gasteiger partial charge in [0, 0.05) is 16.8 Å². The van der Waals surface area contributed by atoms with Crippen LogP contribution in [0.2, 0.25) is 0 Å². The van der Waals surface area contributed by atoms with Crippen molar-refractivity contribution in [3.8, 4) is 0 Å². The molecule has 0 spiro atoms. The second-order valence-corrected chi connectivity index (χ2v) is 6.56. The lowest BCUT2D eigenvalue weighted by Gasteiger charge is -2.20. The van der Waals surface area contributed by atoms with Crippen molar-refractivity contribution < 1.29 is 19.5 Å². The Morgan fingerprint density at radius 1 is 1.09 bits per heavy atom. The van der Waals surface area contributed by atoms with E-state index >= 15 is 0 Å². The molecule has 3 N–H and O–H groups in total. The summed E-state index contributed by atoms with van der Waals surface area (Å²) < 4.78 is 0. The van der Waals surface area contributed by atoms with E-state index in [9.17, 15) is 14.4 Å². The van der Waals surface area contributed by atoms with E-state index in [2.05, 4.69) is 10.6 Å². The Balaban J connectivity index is 1.94. The molecule has 6 nitrogen and oxygen atoms in total. The maximum Gasteiger partial charge on any atom is 0.307 e. The van der Waals surface area contributed by atoms with Crippen LogP contribution in [0.5, 0.6) is 0 Å². The van der Waals surface area contributed by atoms with E-state index in [-0.39, 0.29) is 17.4 Å². The molecular formula is C16H20N2O4. The zero-order chi connectivity index (χ0) is 16.5. The maximum atomic E-state index is 12.0. The van der Waals surface area contributed by atoms with Gasteiger partial charge in [-0.2, -0.15) is 0 Å². The molecule has 2 atom stereocenters. The Morgan fingerprint density at radius 3 is 2.14 bits per heavy atom. The number of rotatable bonds is 4. The molecule has 0 heterocycles. The van der Waals surface area contributed by atoms with Gasteiger partial charge in [0.15, 0.2) is 0 Å². The van der Waals surface area contributed by atoms with Gasteiger partial charge in [-0.1, -0.05) is 0 Å². The van der Waals surface area contributed by atoms with E-state index in [1.807, 2.05) is 20.8 Å². The van der Waals surface area contributed by atoms with E-state index in [1.165, 1.54) is 0 Å². The fourth-order valence-electron chi connectivity index (χ4n) is 2.11. The van der Waals surface area contributed by atoms with E-state index in [1.54, 1.807) is 24.3 Å². The zero-order valence-corrected chi connectivity index (χ0v) is 12.8. The van der Waals surface area contributed by atoms with Gasteiger partial charge in [0.1, 0.15) is 0 Å². The summed E-state index contributed by atoms with van der Waals surface area (Å²) >= 11 is 0. The molecule has 6 heteroatoms. The summed E-state index contributed by atoms with van der Waals surface area (Å²) in [6.45, 7) is 5.69. The topological polar surface area (TPSA) is 95.5 Å². The molecule has 0 bridgehead atoms. The lowest BCUT2D eigenvalue weighted by Crippen LogP contribution is -2.40. The minimum absolute atomic E-state index is 0.182. The smallest absolute Gasteiger partial charge is 0.307 e. The number of aliphatic carboxylic acids is 1. The Bertz CT molecular complexity index is 602. The highest BCUT2D eigenvalue weighted by atomic mass is 16.4. The summed E-state index contributed by atoms with van der Waals surface area (Å²) in [5.41, 5.74) is 0.734. The minimum Gasteiger partial charge on any atom is -0.481 e. The number of benzene rings is 1. The molecule has 1 aliphatic rings. The normalized spacial score (nSPS) is 20.1. The van der Waals surface area contributed by atoms with Gasteiger partial charge in [-0.05, 0) is 51.5 Å². The quantitative estimate of drug-likeness (QED) is 0.791. The number of hydrogen-bond acceptors (Lipinski definition) is 3. The molecule has 1 fully saturated rings. The van der Waals surface area contributed by atoms with Gasteiger partial charge >= 0.3 is 5.97 Å². The highest BCUT2D eigenvalue weighted by molar-refractivity contribution is 5.99. The molecule has 1 aliphatic carbocycles. The monoisotopic (exact) mass is 304 g/mol. The van der Waals surface area contributed by atoms with Crippen molar-refractivity contribution in [2.75, 3.05) is 5.32 Å². The van der Waals surface area contributed by atoms with Gasteiger partial charge in [0.2, 0.25) is 5.91 Å². The van der Waals surface area contributed by atoms with Crippen molar-refractivity contribution in [2.24, 2.45) is 11.8 Å². The van der Waals surface area contributed by atoms with E-state index in [4.69, 9.17) is 5.11 Å². The number of carbonyl (C=O) groups is 3. The molecule has 2 amide bonds. The minimum atomic E-state index is -0.936. The van der Waals surface area contributed by atoms with Crippen LogP contribution in [-0.2, 0) is 9.59 Å². The Kier molecular flexibility index (Phi) is 4.21. The molecule has 0 radical (unpaired) electrons. The highest BCUT2D eigenvalue weighted by Gasteiger charge is 2.48. The van der Waals surface area contributed by atoms with Crippen molar-refractivity contribution in [1.82, 2.24) is 5.32 Å². The van der Waals surface area contributed by atoms with Crippen LogP contribution >= 0.6 is 0 Å². The number of carboxylic acid groups (broad SMARTS) is 1. The molecule has 1 saturated carbocycles. The molecule has 2 rings (SSSR count). The summed E-state index contributed by atoms with van der Waals surface area (Å²) in [5.74, 6) is -2.44. The first-order valence-electron chi connectivity index (χ1n) is 7.13. The molecule has 2 unspecified atom stereocenters. The van der Waals surface area contributed by atoms with Crippen LogP contribution in [0.25, 0.3) is 0 Å². The molecule has 1 aromatic carbocycles. The van der Waals surface area contributed by atoms with Gasteiger partial charge in [0.05, 0.1) is 11.8 Å². The first kappa shape index (κ1) is 16.0. The molecule has 22 heavy (non-hydrogen) atoms. The van der Waals surface area contributed by atoms with Crippen molar-refractivity contribution >= 4 is 23.5 Å². The number of carboxylic acids is 1. The van der Waals surface area contributed by atoms with Gasteiger partial charge in [0.25, 0.3) is 5.91 Å². The second-order valence-electron chi connectivity index (χ2n) is 6.56. The van der Waals surface area contributed by atoms with Gasteiger partial charge in [-0.3, -0.25) is 14.4 Å². The zero-order valence-electron chi connectivity index (χ0n) is 12.8. The van der Waals surface area contributed by atoms with Gasteiger partial charge < -0.3 is 15.7 Å². The van der Waals surface area contributed by atoms with E-state index < -0.39 is 17.8 Å². The highest BCUT2D eigenvalue weighted by Crippen LogP contribution is 2.39. The van der Waals surface area contributed by atoms with E-state index in [0.29, 0.717) is 17.7 Å². The lowest BCUT2D eigenvalue weighted by molar-refractivity contribution is -0.139. The molecule has 1 aromatic rings. The third-order valence-corrected chi connectivity index (χ3v) is 3.35. The Hall–Kier alpha value is -2.37. The first-order valence-corrected chi connectivity index (χ1v) is 7.13. The maximum absolute atomic E-state index is 12.0. The summed E-state index contributed by atoms with van der Waals surface area (Å²) in [5, 5.41) is 14.3. The number of anilines is 1. The van der Waals surface area contributed by atoms with Crippen molar-refractivity contribution in [3.05, 3.63) is 29.8 Å². The summed E-state index contributed by atoms with van der Waals surface area (Å²) in [7, 11) is 0. The summed E-state index contributed by atoms with van der Waals surface area (Å²) in [6, 6.07) is 6.51. The van der Waals surface area contributed by atoms with Crippen LogP contribution in [0.3, 0.4) is 0 Å². The lowest BCUT2D eigenvalue weighted by atomic mass is 10.1. The van der Waals surface area contributed by atoms with Crippen molar-refractivity contribution in [1.29, 1.82) is 0 Å². The largest absolute Gasteiger partial charge is 0.481 e. The Labute approximate surface area is 128 Å². The van der Waals surface area contributed by atoms with E-state index in [0.717, 1.165) is 0 Å². The molecular weight excluding hydrogens is 284 g/mol. The van der Waals surface area contributed by atoms with Crippen molar-refractivity contribution in [3.63, 3.8) is 0 Å². The SMILES string of the molecule is CC(C)(C)NC(=O)c1ccc(NC(=O)C2CC2C(=O)O)cc1. The number of carbonyl (C=O) groups excluding carboxylic acids is 2. The van der Waals surface area contributed by atoms with Crippen LogP contribution in [0.4, 0.5) is 5.69 Å². The predicted molar refractivity (Wildman–Crippen MR) is 81.5 cm³/mol. The second kappa shape index (κ2) is 5.79. The molecule has 0 saturated heterocycles. The Morgan fingerprint density at radius 2 is 1.68 bits per heavy atom. The number of amides is 2. The summed E-state index contributed by atoms with van der Waals surface area (Å²) in [6.07, 6.45) is 0.382.